The number of hydrogen-bond acceptors (Lipinski definition) is 4. The molecule has 3 aromatic rings. The summed E-state index contributed by atoms with van der Waals surface area (Å²) in [5.41, 5.74) is 2.19. The Balaban J connectivity index is 1.82. The minimum atomic E-state index is -0.0457. The number of rotatable bonds is 3. The zero-order valence-electron chi connectivity index (χ0n) is 12.8. The Morgan fingerprint density at radius 2 is 2.14 bits per heavy atom. The first-order valence-electron chi connectivity index (χ1n) is 7.10. The van der Waals surface area contributed by atoms with Crippen LogP contribution in [-0.4, -0.2) is 20.5 Å². The van der Waals surface area contributed by atoms with Gasteiger partial charge in [-0.15, -0.1) is 5.10 Å². The van der Waals surface area contributed by atoms with Crippen LogP contribution in [0.4, 0.5) is 5.69 Å². The van der Waals surface area contributed by atoms with Crippen molar-refractivity contribution in [3.63, 3.8) is 0 Å². The standard InChI is InChI=1S/C16H18N4O2/c1-16(2,3)8-14(21)17-12-4-5-13-18-15(19-20(13)9-12)11-6-7-22-10-11/h4-7,9-10H,8H2,1-3H3,(H,17,21). The fourth-order valence-corrected chi connectivity index (χ4v) is 2.16. The number of furan rings is 1. The van der Waals surface area contributed by atoms with Gasteiger partial charge in [-0.1, -0.05) is 20.8 Å². The number of nitrogens with one attached hydrogen (secondary N) is 1. The summed E-state index contributed by atoms with van der Waals surface area (Å²) in [5.74, 6) is 0.578. The van der Waals surface area contributed by atoms with E-state index in [4.69, 9.17) is 4.42 Å². The van der Waals surface area contributed by atoms with Crippen molar-refractivity contribution in [3.8, 4) is 11.4 Å². The van der Waals surface area contributed by atoms with Crippen LogP contribution in [0.25, 0.3) is 17.0 Å². The first-order valence-corrected chi connectivity index (χ1v) is 7.10. The fourth-order valence-electron chi connectivity index (χ4n) is 2.16. The molecule has 0 aliphatic rings. The molecule has 0 spiro atoms. The van der Waals surface area contributed by atoms with Crippen molar-refractivity contribution in [3.05, 3.63) is 36.9 Å². The smallest absolute Gasteiger partial charge is 0.224 e. The number of anilines is 1. The van der Waals surface area contributed by atoms with Gasteiger partial charge in [-0.3, -0.25) is 4.79 Å². The first kappa shape index (κ1) is 14.3. The third kappa shape index (κ3) is 3.16. The molecule has 3 rings (SSSR count). The van der Waals surface area contributed by atoms with E-state index in [1.165, 1.54) is 0 Å². The third-order valence-electron chi connectivity index (χ3n) is 3.08. The summed E-state index contributed by atoms with van der Waals surface area (Å²) in [6.07, 6.45) is 5.40. The van der Waals surface area contributed by atoms with Gasteiger partial charge in [0.1, 0.15) is 6.26 Å². The first-order chi connectivity index (χ1) is 10.4. The van der Waals surface area contributed by atoms with Crippen molar-refractivity contribution >= 4 is 17.2 Å². The molecule has 3 heterocycles. The van der Waals surface area contributed by atoms with Crippen molar-refractivity contribution in [2.24, 2.45) is 5.41 Å². The monoisotopic (exact) mass is 298 g/mol. The molecule has 0 saturated heterocycles. The largest absolute Gasteiger partial charge is 0.472 e. The number of fused-ring (bicyclic) bond motifs is 1. The predicted molar refractivity (Wildman–Crippen MR) is 83.4 cm³/mol. The molecule has 3 aromatic heterocycles. The van der Waals surface area contributed by atoms with Gasteiger partial charge in [0.2, 0.25) is 5.91 Å². The summed E-state index contributed by atoms with van der Waals surface area (Å²) in [6.45, 7) is 6.10. The lowest BCUT2D eigenvalue weighted by Crippen LogP contribution is -2.19. The van der Waals surface area contributed by atoms with Gasteiger partial charge in [-0.25, -0.2) is 9.50 Å². The van der Waals surface area contributed by atoms with Gasteiger partial charge in [-0.05, 0) is 23.6 Å². The van der Waals surface area contributed by atoms with Crippen molar-refractivity contribution in [2.45, 2.75) is 27.2 Å². The van der Waals surface area contributed by atoms with E-state index in [0.717, 1.165) is 5.56 Å². The zero-order chi connectivity index (χ0) is 15.7. The van der Waals surface area contributed by atoms with E-state index in [0.29, 0.717) is 23.6 Å². The van der Waals surface area contributed by atoms with Crippen molar-refractivity contribution in [1.29, 1.82) is 0 Å². The highest BCUT2D eigenvalue weighted by Gasteiger charge is 2.16. The summed E-state index contributed by atoms with van der Waals surface area (Å²) in [4.78, 5) is 16.4. The van der Waals surface area contributed by atoms with Crippen LogP contribution in [-0.2, 0) is 4.79 Å². The van der Waals surface area contributed by atoms with E-state index in [-0.39, 0.29) is 11.3 Å². The lowest BCUT2D eigenvalue weighted by Gasteiger charge is -2.17. The van der Waals surface area contributed by atoms with Crippen molar-refractivity contribution in [2.75, 3.05) is 5.32 Å². The van der Waals surface area contributed by atoms with E-state index >= 15 is 0 Å². The summed E-state index contributed by atoms with van der Waals surface area (Å²) in [7, 11) is 0. The molecule has 6 nitrogen and oxygen atoms in total. The Labute approximate surface area is 128 Å². The zero-order valence-corrected chi connectivity index (χ0v) is 12.8. The van der Waals surface area contributed by atoms with Crippen LogP contribution in [0.5, 0.6) is 0 Å². The molecule has 22 heavy (non-hydrogen) atoms. The van der Waals surface area contributed by atoms with Crippen LogP contribution in [0.3, 0.4) is 0 Å². The molecular formula is C16H18N4O2. The number of hydrogen-bond donors (Lipinski definition) is 1. The Hall–Kier alpha value is -2.63. The summed E-state index contributed by atoms with van der Waals surface area (Å²) in [5, 5.41) is 7.28. The van der Waals surface area contributed by atoms with E-state index in [9.17, 15) is 4.79 Å². The van der Waals surface area contributed by atoms with Gasteiger partial charge >= 0.3 is 0 Å². The van der Waals surface area contributed by atoms with Crippen molar-refractivity contribution < 1.29 is 9.21 Å². The normalized spacial score (nSPS) is 11.8. The molecule has 6 heteroatoms. The minimum absolute atomic E-state index is 0.0120. The maximum absolute atomic E-state index is 12.0. The van der Waals surface area contributed by atoms with Gasteiger partial charge in [-0.2, -0.15) is 0 Å². The van der Waals surface area contributed by atoms with E-state index < -0.39 is 0 Å². The van der Waals surface area contributed by atoms with Crippen LogP contribution in [0, 0.1) is 5.41 Å². The lowest BCUT2D eigenvalue weighted by atomic mass is 9.92. The Morgan fingerprint density at radius 1 is 1.32 bits per heavy atom. The molecule has 0 aromatic carbocycles. The molecular weight excluding hydrogens is 280 g/mol. The summed E-state index contributed by atoms with van der Waals surface area (Å²) < 4.78 is 6.69. The molecule has 0 atom stereocenters. The SMILES string of the molecule is CC(C)(C)CC(=O)Nc1ccc2nc(-c3ccoc3)nn2c1. The number of pyridine rings is 1. The van der Waals surface area contributed by atoms with Crippen LogP contribution < -0.4 is 5.32 Å². The Bertz CT molecular complexity index is 797. The minimum Gasteiger partial charge on any atom is -0.472 e. The second kappa shape index (κ2) is 5.29. The summed E-state index contributed by atoms with van der Waals surface area (Å²) in [6, 6.07) is 5.45. The molecule has 114 valence electrons. The average molecular weight is 298 g/mol. The second-order valence-electron chi connectivity index (χ2n) is 6.45. The van der Waals surface area contributed by atoms with Gasteiger partial charge in [0, 0.05) is 6.42 Å². The number of aromatic nitrogens is 3. The Kier molecular flexibility index (Phi) is 3.44. The van der Waals surface area contributed by atoms with Crippen LogP contribution in [0.1, 0.15) is 27.2 Å². The van der Waals surface area contributed by atoms with Crippen LogP contribution in [0.15, 0.2) is 41.3 Å². The number of nitrogens with zero attached hydrogens (tertiary/aromatic N) is 3. The van der Waals surface area contributed by atoms with Crippen LogP contribution in [0.2, 0.25) is 0 Å². The topological polar surface area (TPSA) is 72.4 Å². The molecule has 1 amide bonds. The molecule has 0 fully saturated rings. The second-order valence-corrected chi connectivity index (χ2v) is 6.45. The highest BCUT2D eigenvalue weighted by molar-refractivity contribution is 5.91. The molecule has 0 saturated carbocycles. The number of carbonyl (C=O) groups excluding carboxylic acids is 1. The molecule has 0 aliphatic heterocycles. The van der Waals surface area contributed by atoms with E-state index in [1.807, 2.05) is 32.9 Å². The van der Waals surface area contributed by atoms with E-state index in [2.05, 4.69) is 15.4 Å². The van der Waals surface area contributed by atoms with Gasteiger partial charge in [0.25, 0.3) is 0 Å². The summed E-state index contributed by atoms with van der Waals surface area (Å²) >= 11 is 0. The molecule has 0 radical (unpaired) electrons. The number of amides is 1. The lowest BCUT2D eigenvalue weighted by molar-refractivity contribution is -0.117. The van der Waals surface area contributed by atoms with Gasteiger partial charge in [0.15, 0.2) is 11.5 Å². The highest BCUT2D eigenvalue weighted by atomic mass is 16.3. The average Bonchev–Trinajstić information content (AvgIpc) is 3.04. The Morgan fingerprint density at radius 3 is 2.82 bits per heavy atom. The third-order valence-corrected chi connectivity index (χ3v) is 3.08. The molecule has 0 aliphatic carbocycles. The van der Waals surface area contributed by atoms with Gasteiger partial charge in [0.05, 0.1) is 23.7 Å². The predicted octanol–water partition coefficient (Wildman–Crippen LogP) is 3.36. The maximum atomic E-state index is 12.0. The van der Waals surface area contributed by atoms with Crippen LogP contribution >= 0.6 is 0 Å². The maximum Gasteiger partial charge on any atom is 0.224 e. The number of carbonyl (C=O) groups is 1. The van der Waals surface area contributed by atoms with Crippen molar-refractivity contribution in [1.82, 2.24) is 14.6 Å². The van der Waals surface area contributed by atoms with E-state index in [1.54, 1.807) is 29.3 Å². The molecule has 1 N–H and O–H groups in total. The highest BCUT2D eigenvalue weighted by Crippen LogP contribution is 2.21. The van der Waals surface area contributed by atoms with Gasteiger partial charge < -0.3 is 9.73 Å². The quantitative estimate of drug-likeness (QED) is 0.804. The molecule has 0 unspecified atom stereocenters. The molecule has 0 bridgehead atoms. The fraction of sp³-hybridized carbons (Fsp3) is 0.312.